The highest BCUT2D eigenvalue weighted by molar-refractivity contribution is 6.39. The molecule has 1 aliphatic carbocycles. The highest BCUT2D eigenvalue weighted by Gasteiger charge is 2.32. The van der Waals surface area contributed by atoms with Crippen molar-refractivity contribution in [2.75, 3.05) is 11.9 Å². The van der Waals surface area contributed by atoms with Crippen LogP contribution >= 0.6 is 0 Å². The number of carbonyl (C=O) groups excluding carboxylic acids is 2. The Labute approximate surface area is 139 Å². The van der Waals surface area contributed by atoms with Gasteiger partial charge in [-0.2, -0.15) is 0 Å². The monoisotopic (exact) mass is 325 g/mol. The largest absolute Gasteiger partial charge is 0.388 e. The van der Waals surface area contributed by atoms with Gasteiger partial charge in [0.15, 0.2) is 0 Å². The van der Waals surface area contributed by atoms with Gasteiger partial charge in [-0.1, -0.05) is 24.3 Å². The van der Waals surface area contributed by atoms with Crippen molar-refractivity contribution >= 4 is 17.5 Å². The lowest BCUT2D eigenvalue weighted by Crippen LogP contribution is -2.49. The summed E-state index contributed by atoms with van der Waals surface area (Å²) in [6, 6.07) is 11.3. The highest BCUT2D eigenvalue weighted by Crippen LogP contribution is 2.28. The van der Waals surface area contributed by atoms with Gasteiger partial charge < -0.3 is 15.7 Å². The molecule has 3 rings (SSSR count). The summed E-state index contributed by atoms with van der Waals surface area (Å²) < 4.78 is 0. The van der Waals surface area contributed by atoms with E-state index in [9.17, 15) is 14.7 Å². The average Bonchev–Trinajstić information content (AvgIpc) is 2.60. The second-order valence-electron chi connectivity index (χ2n) is 6.05. The minimum atomic E-state index is -1.03. The maximum Gasteiger partial charge on any atom is 0.313 e. The van der Waals surface area contributed by atoms with E-state index >= 15 is 0 Å². The van der Waals surface area contributed by atoms with Crippen molar-refractivity contribution in [3.8, 4) is 0 Å². The van der Waals surface area contributed by atoms with E-state index in [4.69, 9.17) is 0 Å². The molecule has 0 saturated carbocycles. The standard InChI is InChI=1S/C18H19N3O3/c22-16(17(23)21-15-6-3-9-19-11-15)20-12-18(24)8-7-13-4-1-2-5-14(13)10-18/h1-6,9,11,24H,7-8,10,12H2,(H,20,22)(H,21,23). The van der Waals surface area contributed by atoms with Gasteiger partial charge in [0.2, 0.25) is 0 Å². The molecule has 24 heavy (non-hydrogen) atoms. The van der Waals surface area contributed by atoms with Crippen molar-refractivity contribution < 1.29 is 14.7 Å². The van der Waals surface area contributed by atoms with Crippen LogP contribution in [0.25, 0.3) is 0 Å². The Bertz CT molecular complexity index is 748. The lowest BCUT2D eigenvalue weighted by molar-refractivity contribution is -0.136. The highest BCUT2D eigenvalue weighted by atomic mass is 16.3. The maximum atomic E-state index is 11.9. The van der Waals surface area contributed by atoms with E-state index in [1.807, 2.05) is 18.2 Å². The van der Waals surface area contributed by atoms with Gasteiger partial charge in [-0.25, -0.2) is 0 Å². The molecule has 1 aromatic heterocycles. The normalized spacial score (nSPS) is 19.2. The molecular formula is C18H19N3O3. The molecule has 6 heteroatoms. The summed E-state index contributed by atoms with van der Waals surface area (Å²) >= 11 is 0. The van der Waals surface area contributed by atoms with Crippen molar-refractivity contribution in [1.29, 1.82) is 0 Å². The van der Waals surface area contributed by atoms with E-state index in [2.05, 4.69) is 21.7 Å². The zero-order valence-electron chi connectivity index (χ0n) is 13.2. The summed E-state index contributed by atoms with van der Waals surface area (Å²) in [4.78, 5) is 27.6. The topological polar surface area (TPSA) is 91.3 Å². The van der Waals surface area contributed by atoms with E-state index in [1.165, 1.54) is 11.8 Å². The smallest absolute Gasteiger partial charge is 0.313 e. The Kier molecular flexibility index (Phi) is 4.57. The Morgan fingerprint density at radius 3 is 2.67 bits per heavy atom. The fourth-order valence-corrected chi connectivity index (χ4v) is 2.88. The predicted molar refractivity (Wildman–Crippen MR) is 89.3 cm³/mol. The number of aromatic nitrogens is 1. The van der Waals surface area contributed by atoms with Gasteiger partial charge in [-0.3, -0.25) is 14.6 Å². The molecule has 2 aromatic rings. The summed E-state index contributed by atoms with van der Waals surface area (Å²) in [5, 5.41) is 15.7. The van der Waals surface area contributed by atoms with E-state index in [0.29, 0.717) is 18.5 Å². The van der Waals surface area contributed by atoms with Crippen LogP contribution in [0.2, 0.25) is 0 Å². The van der Waals surface area contributed by atoms with Crippen LogP contribution in [0.15, 0.2) is 48.8 Å². The number of anilines is 1. The first-order valence-electron chi connectivity index (χ1n) is 7.84. The molecule has 1 unspecified atom stereocenters. The van der Waals surface area contributed by atoms with Crippen LogP contribution in [0, 0.1) is 0 Å². The van der Waals surface area contributed by atoms with Crippen molar-refractivity contribution in [3.63, 3.8) is 0 Å². The summed E-state index contributed by atoms with van der Waals surface area (Å²) in [5.74, 6) is -1.55. The van der Waals surface area contributed by atoms with Gasteiger partial charge in [0.25, 0.3) is 0 Å². The zero-order valence-corrected chi connectivity index (χ0v) is 13.2. The number of aryl methyl sites for hydroxylation is 1. The van der Waals surface area contributed by atoms with Crippen LogP contribution in [0.4, 0.5) is 5.69 Å². The number of rotatable bonds is 3. The Balaban J connectivity index is 1.55. The van der Waals surface area contributed by atoms with Crippen LogP contribution in [0.3, 0.4) is 0 Å². The molecule has 1 aliphatic rings. The maximum absolute atomic E-state index is 11.9. The Morgan fingerprint density at radius 2 is 1.92 bits per heavy atom. The predicted octanol–water partition coefficient (Wildman–Crippen LogP) is 1.06. The third-order valence-corrected chi connectivity index (χ3v) is 4.20. The molecule has 124 valence electrons. The van der Waals surface area contributed by atoms with E-state index in [1.54, 1.807) is 18.3 Å². The molecule has 3 N–H and O–H groups in total. The van der Waals surface area contributed by atoms with Gasteiger partial charge in [-0.05, 0) is 36.1 Å². The van der Waals surface area contributed by atoms with Gasteiger partial charge in [0, 0.05) is 19.2 Å². The van der Waals surface area contributed by atoms with Gasteiger partial charge >= 0.3 is 11.8 Å². The third kappa shape index (κ3) is 3.78. The van der Waals surface area contributed by atoms with Crippen LogP contribution < -0.4 is 10.6 Å². The number of pyridine rings is 1. The van der Waals surface area contributed by atoms with E-state index in [0.717, 1.165) is 12.0 Å². The Morgan fingerprint density at radius 1 is 1.12 bits per heavy atom. The molecule has 1 atom stereocenters. The summed E-state index contributed by atoms with van der Waals surface area (Å²) in [6.45, 7) is 0.0423. The van der Waals surface area contributed by atoms with Crippen LogP contribution in [-0.4, -0.2) is 34.1 Å². The number of hydrogen-bond donors (Lipinski definition) is 3. The number of nitrogens with zero attached hydrogens (tertiary/aromatic N) is 1. The number of aliphatic hydroxyl groups is 1. The molecule has 0 aliphatic heterocycles. The molecule has 0 spiro atoms. The molecule has 2 amide bonds. The first-order valence-corrected chi connectivity index (χ1v) is 7.84. The lowest BCUT2D eigenvalue weighted by Gasteiger charge is -2.33. The fourth-order valence-electron chi connectivity index (χ4n) is 2.88. The van der Waals surface area contributed by atoms with Gasteiger partial charge in [-0.15, -0.1) is 0 Å². The zero-order chi connectivity index (χ0) is 17.0. The fraction of sp³-hybridized carbons (Fsp3) is 0.278. The number of hydrogen-bond acceptors (Lipinski definition) is 4. The van der Waals surface area contributed by atoms with Crippen molar-refractivity contribution in [1.82, 2.24) is 10.3 Å². The second-order valence-corrected chi connectivity index (χ2v) is 6.05. The molecule has 0 radical (unpaired) electrons. The van der Waals surface area contributed by atoms with Gasteiger partial charge in [0.05, 0.1) is 17.5 Å². The molecule has 0 saturated heterocycles. The SMILES string of the molecule is O=C(NCC1(O)CCc2ccccc2C1)C(=O)Nc1cccnc1. The quantitative estimate of drug-likeness (QED) is 0.736. The van der Waals surface area contributed by atoms with Crippen molar-refractivity contribution in [2.24, 2.45) is 0 Å². The number of amides is 2. The minimum Gasteiger partial charge on any atom is -0.388 e. The number of fused-ring (bicyclic) bond motifs is 1. The number of benzene rings is 1. The number of nitrogens with one attached hydrogen (secondary N) is 2. The summed E-state index contributed by atoms with van der Waals surface area (Å²) in [5.41, 5.74) is 1.73. The third-order valence-electron chi connectivity index (χ3n) is 4.20. The average molecular weight is 325 g/mol. The molecule has 0 bridgehead atoms. The van der Waals surface area contributed by atoms with Crippen LogP contribution in [0.1, 0.15) is 17.5 Å². The molecule has 1 heterocycles. The van der Waals surface area contributed by atoms with Crippen LogP contribution in [0.5, 0.6) is 0 Å². The number of carbonyl (C=O) groups is 2. The summed E-state index contributed by atoms with van der Waals surface area (Å²) in [7, 11) is 0. The Hall–Kier alpha value is -2.73. The minimum absolute atomic E-state index is 0.0423. The molecule has 1 aromatic carbocycles. The van der Waals surface area contributed by atoms with Crippen molar-refractivity contribution in [2.45, 2.75) is 24.9 Å². The first kappa shape index (κ1) is 16.1. The first-order chi connectivity index (χ1) is 11.6. The lowest BCUT2D eigenvalue weighted by atomic mass is 9.80. The summed E-state index contributed by atoms with van der Waals surface area (Å²) in [6.07, 6.45) is 4.80. The van der Waals surface area contributed by atoms with Gasteiger partial charge in [0.1, 0.15) is 0 Å². The van der Waals surface area contributed by atoms with E-state index in [-0.39, 0.29) is 6.54 Å². The second kappa shape index (κ2) is 6.80. The molecular weight excluding hydrogens is 306 g/mol. The van der Waals surface area contributed by atoms with E-state index < -0.39 is 17.4 Å². The molecule has 0 fully saturated rings. The molecule has 6 nitrogen and oxygen atoms in total. The van der Waals surface area contributed by atoms with Crippen LogP contribution in [-0.2, 0) is 22.4 Å². The van der Waals surface area contributed by atoms with Crippen molar-refractivity contribution in [3.05, 3.63) is 59.9 Å².